The molecule has 0 bridgehead atoms. The monoisotopic (exact) mass is 478 g/mol. The van der Waals surface area contributed by atoms with Gasteiger partial charge < -0.3 is 14.8 Å². The summed E-state index contributed by atoms with van der Waals surface area (Å²) >= 11 is 7.80. The summed E-state index contributed by atoms with van der Waals surface area (Å²) in [6.07, 6.45) is 1.76. The first-order valence-electron chi connectivity index (χ1n) is 10.3. The second-order valence-corrected chi connectivity index (χ2v) is 9.07. The van der Waals surface area contributed by atoms with Crippen LogP contribution in [0.1, 0.15) is 22.3 Å². The van der Waals surface area contributed by atoms with Crippen LogP contribution in [-0.4, -0.2) is 18.2 Å². The third kappa shape index (κ3) is 5.78. The SMILES string of the molecule is COc1cc(/C=C2/SC(=Nc3ccc(C)cc3)NC2=O)cc(Cl)c1OCc1cccc(C)c1. The zero-order valence-electron chi connectivity index (χ0n) is 18.5. The Bertz CT molecular complexity index is 1250. The van der Waals surface area contributed by atoms with Crippen LogP contribution >= 0.6 is 23.4 Å². The molecule has 1 saturated heterocycles. The van der Waals surface area contributed by atoms with E-state index in [1.54, 1.807) is 25.3 Å². The molecule has 0 spiro atoms. The molecule has 168 valence electrons. The number of carbonyl (C=O) groups is 1. The minimum Gasteiger partial charge on any atom is -0.493 e. The Hall–Kier alpha value is -3.22. The van der Waals surface area contributed by atoms with E-state index in [1.807, 2.05) is 56.3 Å². The van der Waals surface area contributed by atoms with Crippen molar-refractivity contribution in [3.05, 3.63) is 92.8 Å². The van der Waals surface area contributed by atoms with Crippen LogP contribution < -0.4 is 14.8 Å². The van der Waals surface area contributed by atoms with Crippen molar-refractivity contribution in [3.63, 3.8) is 0 Å². The fraction of sp³-hybridized carbons (Fsp3) is 0.154. The van der Waals surface area contributed by atoms with Gasteiger partial charge in [0.05, 0.1) is 22.7 Å². The topological polar surface area (TPSA) is 59.9 Å². The average Bonchev–Trinajstić information content (AvgIpc) is 3.12. The van der Waals surface area contributed by atoms with E-state index in [-0.39, 0.29) is 5.91 Å². The highest BCUT2D eigenvalue weighted by atomic mass is 35.5. The van der Waals surface area contributed by atoms with Gasteiger partial charge >= 0.3 is 0 Å². The van der Waals surface area contributed by atoms with Gasteiger partial charge in [-0.1, -0.05) is 59.1 Å². The van der Waals surface area contributed by atoms with Crippen LogP contribution in [0.5, 0.6) is 11.5 Å². The molecular formula is C26H23ClN2O3S. The zero-order chi connectivity index (χ0) is 23.4. The number of nitrogens with one attached hydrogen (secondary N) is 1. The first-order chi connectivity index (χ1) is 15.9. The lowest BCUT2D eigenvalue weighted by Gasteiger charge is -2.14. The van der Waals surface area contributed by atoms with Gasteiger partial charge in [0, 0.05) is 0 Å². The quantitative estimate of drug-likeness (QED) is 0.414. The number of carbonyl (C=O) groups excluding carboxylic acids is 1. The maximum atomic E-state index is 12.5. The van der Waals surface area contributed by atoms with E-state index in [4.69, 9.17) is 21.1 Å². The van der Waals surface area contributed by atoms with Gasteiger partial charge in [0.25, 0.3) is 5.91 Å². The summed E-state index contributed by atoms with van der Waals surface area (Å²) in [5.41, 5.74) is 4.87. The molecule has 1 amide bonds. The van der Waals surface area contributed by atoms with Crippen molar-refractivity contribution in [1.29, 1.82) is 0 Å². The molecule has 1 heterocycles. The number of benzene rings is 3. The van der Waals surface area contributed by atoms with Gasteiger partial charge in [-0.25, -0.2) is 4.99 Å². The summed E-state index contributed by atoms with van der Waals surface area (Å²) < 4.78 is 11.5. The van der Waals surface area contributed by atoms with Gasteiger partial charge in [-0.2, -0.15) is 0 Å². The lowest BCUT2D eigenvalue weighted by molar-refractivity contribution is -0.115. The minimum atomic E-state index is -0.208. The molecule has 0 saturated carbocycles. The van der Waals surface area contributed by atoms with Crippen LogP contribution in [0.4, 0.5) is 5.69 Å². The van der Waals surface area contributed by atoms with Gasteiger partial charge in [0.15, 0.2) is 16.7 Å². The van der Waals surface area contributed by atoms with Crippen molar-refractivity contribution in [2.45, 2.75) is 20.5 Å². The molecule has 1 fully saturated rings. The summed E-state index contributed by atoms with van der Waals surface area (Å²) in [6, 6.07) is 19.4. The van der Waals surface area contributed by atoms with Crippen molar-refractivity contribution in [1.82, 2.24) is 5.32 Å². The van der Waals surface area contributed by atoms with Crippen LogP contribution in [0.15, 0.2) is 70.6 Å². The van der Waals surface area contributed by atoms with Gasteiger partial charge in [-0.05, 0) is 67.1 Å². The maximum absolute atomic E-state index is 12.5. The standard InChI is InChI=1S/C26H23ClN2O3S/c1-16-7-9-20(10-8-16)28-26-29-25(30)23(33-26)14-19-12-21(27)24(22(13-19)31-3)32-15-18-6-4-5-17(2)11-18/h4-14H,15H2,1-3H3,(H,28,29,30)/b23-14+. The van der Waals surface area contributed by atoms with E-state index in [0.717, 1.165) is 27.9 Å². The Morgan fingerprint density at radius 1 is 1.06 bits per heavy atom. The molecule has 5 nitrogen and oxygen atoms in total. The molecule has 4 rings (SSSR count). The lowest BCUT2D eigenvalue weighted by atomic mass is 10.1. The van der Waals surface area contributed by atoms with Gasteiger partial charge in [0.2, 0.25) is 0 Å². The number of amidine groups is 1. The summed E-state index contributed by atoms with van der Waals surface area (Å²) in [5.74, 6) is 0.757. The molecule has 1 N–H and O–H groups in total. The molecule has 33 heavy (non-hydrogen) atoms. The van der Waals surface area contributed by atoms with Crippen molar-refractivity contribution >= 4 is 46.2 Å². The van der Waals surface area contributed by atoms with Crippen molar-refractivity contribution in [2.75, 3.05) is 7.11 Å². The molecule has 1 aliphatic rings. The molecule has 0 aliphatic carbocycles. The first kappa shape index (κ1) is 23.0. The van der Waals surface area contributed by atoms with Crippen molar-refractivity contribution < 1.29 is 14.3 Å². The molecule has 3 aromatic rings. The first-order valence-corrected chi connectivity index (χ1v) is 11.5. The maximum Gasteiger partial charge on any atom is 0.264 e. The van der Waals surface area contributed by atoms with Crippen LogP contribution in [0.2, 0.25) is 5.02 Å². The van der Waals surface area contributed by atoms with E-state index in [1.165, 1.54) is 11.8 Å². The summed E-state index contributed by atoms with van der Waals surface area (Å²) in [6.45, 7) is 4.42. The van der Waals surface area contributed by atoms with Crippen LogP contribution in [0.3, 0.4) is 0 Å². The Balaban J connectivity index is 1.53. The lowest BCUT2D eigenvalue weighted by Crippen LogP contribution is -2.19. The third-order valence-corrected chi connectivity index (χ3v) is 6.12. The molecule has 3 aromatic carbocycles. The second kappa shape index (κ2) is 10.1. The van der Waals surface area contributed by atoms with Gasteiger partial charge in [-0.3, -0.25) is 4.79 Å². The largest absolute Gasteiger partial charge is 0.493 e. The molecular weight excluding hydrogens is 456 g/mol. The number of amides is 1. The average molecular weight is 479 g/mol. The van der Waals surface area contributed by atoms with E-state index in [2.05, 4.69) is 16.4 Å². The Kier molecular flexibility index (Phi) is 7.06. The predicted octanol–water partition coefficient (Wildman–Crippen LogP) is 6.44. The normalized spacial score (nSPS) is 15.7. The Morgan fingerprint density at radius 3 is 2.58 bits per heavy atom. The number of hydrogen-bond acceptors (Lipinski definition) is 5. The molecule has 0 radical (unpaired) electrons. The molecule has 1 aliphatic heterocycles. The van der Waals surface area contributed by atoms with Crippen LogP contribution in [0.25, 0.3) is 6.08 Å². The number of nitrogens with zero attached hydrogens (tertiary/aromatic N) is 1. The highest BCUT2D eigenvalue weighted by Gasteiger charge is 2.24. The number of methoxy groups -OCH3 is 1. The Morgan fingerprint density at radius 2 is 1.85 bits per heavy atom. The fourth-order valence-corrected chi connectivity index (χ4v) is 4.40. The number of rotatable bonds is 6. The van der Waals surface area contributed by atoms with Gasteiger partial charge in [-0.15, -0.1) is 0 Å². The van der Waals surface area contributed by atoms with E-state index in [0.29, 0.717) is 33.2 Å². The van der Waals surface area contributed by atoms with E-state index < -0.39 is 0 Å². The molecule has 0 aromatic heterocycles. The number of ether oxygens (including phenoxy) is 2. The van der Waals surface area contributed by atoms with Crippen LogP contribution in [0, 0.1) is 13.8 Å². The number of aryl methyl sites for hydroxylation is 2. The number of aliphatic imine (C=N–C) groups is 1. The highest BCUT2D eigenvalue weighted by molar-refractivity contribution is 8.18. The molecule has 0 unspecified atom stereocenters. The van der Waals surface area contributed by atoms with Crippen molar-refractivity contribution in [3.8, 4) is 11.5 Å². The zero-order valence-corrected chi connectivity index (χ0v) is 20.1. The highest BCUT2D eigenvalue weighted by Crippen LogP contribution is 2.38. The molecule has 7 heteroatoms. The number of thioether (sulfide) groups is 1. The smallest absolute Gasteiger partial charge is 0.264 e. The summed E-state index contributed by atoms with van der Waals surface area (Å²) in [5, 5.41) is 3.74. The van der Waals surface area contributed by atoms with E-state index >= 15 is 0 Å². The van der Waals surface area contributed by atoms with E-state index in [9.17, 15) is 4.79 Å². The number of halogens is 1. The third-order valence-electron chi connectivity index (χ3n) is 4.93. The summed E-state index contributed by atoms with van der Waals surface area (Å²) in [4.78, 5) is 17.5. The number of hydrogen-bond donors (Lipinski definition) is 1. The van der Waals surface area contributed by atoms with Crippen LogP contribution in [-0.2, 0) is 11.4 Å². The summed E-state index contributed by atoms with van der Waals surface area (Å²) in [7, 11) is 1.56. The Labute approximate surface area is 202 Å². The van der Waals surface area contributed by atoms with Crippen molar-refractivity contribution in [2.24, 2.45) is 4.99 Å². The van der Waals surface area contributed by atoms with Gasteiger partial charge in [0.1, 0.15) is 6.61 Å². The molecule has 0 atom stereocenters. The predicted molar refractivity (Wildman–Crippen MR) is 135 cm³/mol. The minimum absolute atomic E-state index is 0.208. The second-order valence-electron chi connectivity index (χ2n) is 7.63. The fourth-order valence-electron chi connectivity index (χ4n) is 3.29.